The van der Waals surface area contributed by atoms with Crippen LogP contribution in [0, 0.1) is 0 Å². The summed E-state index contributed by atoms with van der Waals surface area (Å²) in [5.41, 5.74) is 2.84. The van der Waals surface area contributed by atoms with Crippen LogP contribution in [-0.2, 0) is 0 Å². The van der Waals surface area contributed by atoms with E-state index in [1.165, 1.54) is 0 Å². The predicted molar refractivity (Wildman–Crippen MR) is 96.9 cm³/mol. The summed E-state index contributed by atoms with van der Waals surface area (Å²) in [6.07, 6.45) is 5.82. The van der Waals surface area contributed by atoms with E-state index in [9.17, 15) is 0 Å². The average molecular weight is 334 g/mol. The van der Waals surface area contributed by atoms with Gasteiger partial charge in [-0.2, -0.15) is 0 Å². The fraction of sp³-hybridized carbons (Fsp3) is 0.150. The van der Waals surface area contributed by atoms with Gasteiger partial charge in [0.15, 0.2) is 11.5 Å². The van der Waals surface area contributed by atoms with Crippen molar-refractivity contribution in [2.45, 2.75) is 0 Å². The van der Waals surface area contributed by atoms with Gasteiger partial charge in [-0.25, -0.2) is 4.98 Å². The van der Waals surface area contributed by atoms with E-state index in [4.69, 9.17) is 14.2 Å². The van der Waals surface area contributed by atoms with Crippen LogP contribution in [0.5, 0.6) is 17.2 Å². The van der Waals surface area contributed by atoms with Crippen LogP contribution in [0.2, 0.25) is 0 Å². The maximum atomic E-state index is 5.76. The van der Waals surface area contributed by atoms with Crippen molar-refractivity contribution in [2.24, 2.45) is 0 Å². The first-order valence-corrected chi connectivity index (χ1v) is 8.10. The highest BCUT2D eigenvalue weighted by Gasteiger charge is 2.18. The normalized spacial score (nSPS) is 13.2. The van der Waals surface area contributed by atoms with E-state index >= 15 is 0 Å². The van der Waals surface area contributed by atoms with Gasteiger partial charge < -0.3 is 19.2 Å². The van der Waals surface area contributed by atoms with Crippen LogP contribution in [0.1, 0.15) is 11.4 Å². The van der Waals surface area contributed by atoms with E-state index in [2.05, 4.69) is 9.97 Å². The van der Waals surface area contributed by atoms with Crippen molar-refractivity contribution < 1.29 is 14.2 Å². The number of imidazole rings is 1. The molecule has 0 saturated carbocycles. The highest BCUT2D eigenvalue weighted by atomic mass is 16.6. The minimum absolute atomic E-state index is 0.554. The Morgan fingerprint density at radius 3 is 2.72 bits per heavy atom. The minimum Gasteiger partial charge on any atom is -0.497 e. The van der Waals surface area contributed by atoms with Crippen LogP contribution < -0.4 is 14.2 Å². The molecule has 0 atom stereocenters. The minimum atomic E-state index is 0.554. The smallest absolute Gasteiger partial charge is 0.170 e. The second kappa shape index (κ2) is 6.73. The number of hydrogen-bond donors (Lipinski definition) is 1. The maximum absolute atomic E-state index is 5.76. The number of hydrogen-bond acceptors (Lipinski definition) is 4. The zero-order valence-corrected chi connectivity index (χ0v) is 13.9. The largest absolute Gasteiger partial charge is 0.497 e. The van der Waals surface area contributed by atoms with Gasteiger partial charge in [0.05, 0.1) is 12.8 Å². The quantitative estimate of drug-likeness (QED) is 0.783. The molecule has 0 unspecified atom stereocenters. The van der Waals surface area contributed by atoms with Crippen molar-refractivity contribution in [1.29, 1.82) is 0 Å². The maximum Gasteiger partial charge on any atom is 0.170 e. The third kappa shape index (κ3) is 3.21. The zero-order chi connectivity index (χ0) is 17.1. The molecule has 1 aliphatic heterocycles. The summed E-state index contributed by atoms with van der Waals surface area (Å²) in [6.45, 7) is 1.13. The van der Waals surface area contributed by atoms with E-state index < -0.39 is 0 Å². The zero-order valence-electron chi connectivity index (χ0n) is 13.9. The van der Waals surface area contributed by atoms with Crippen molar-refractivity contribution in [1.82, 2.24) is 9.97 Å². The highest BCUT2D eigenvalue weighted by Crippen LogP contribution is 2.39. The monoisotopic (exact) mass is 334 g/mol. The lowest BCUT2D eigenvalue weighted by atomic mass is 10.1. The molecule has 0 saturated heterocycles. The van der Waals surface area contributed by atoms with Crippen molar-refractivity contribution in [3.8, 4) is 28.5 Å². The molecule has 0 radical (unpaired) electrons. The van der Waals surface area contributed by atoms with Gasteiger partial charge in [0, 0.05) is 11.8 Å². The van der Waals surface area contributed by atoms with E-state index in [0.29, 0.717) is 13.2 Å². The van der Waals surface area contributed by atoms with E-state index in [1.54, 1.807) is 7.11 Å². The Morgan fingerprint density at radius 2 is 1.88 bits per heavy atom. The number of H-pyrrole nitrogens is 1. The van der Waals surface area contributed by atoms with Gasteiger partial charge >= 0.3 is 0 Å². The summed E-state index contributed by atoms with van der Waals surface area (Å²) in [7, 11) is 1.66. The molecule has 0 bridgehead atoms. The standard InChI is InChI=1S/C20H18N2O3/c1-23-15-8-5-14(6-9-15)7-10-19-21-13-17(22-19)16-3-2-4-18-20(16)25-12-11-24-18/h2-10,13H,11-12H2,1H3,(H,21,22). The molecule has 5 nitrogen and oxygen atoms in total. The number of para-hydroxylation sites is 1. The molecular weight excluding hydrogens is 316 g/mol. The summed E-state index contributed by atoms with van der Waals surface area (Å²) in [4.78, 5) is 7.82. The van der Waals surface area contributed by atoms with E-state index in [-0.39, 0.29) is 0 Å². The fourth-order valence-corrected chi connectivity index (χ4v) is 2.73. The second-order valence-electron chi connectivity index (χ2n) is 5.61. The molecule has 0 fully saturated rings. The Bertz CT molecular complexity index is 898. The van der Waals surface area contributed by atoms with Crippen LogP contribution in [-0.4, -0.2) is 30.3 Å². The van der Waals surface area contributed by atoms with Gasteiger partial charge in [-0.3, -0.25) is 0 Å². The molecule has 3 aromatic rings. The molecule has 0 amide bonds. The van der Waals surface area contributed by atoms with Crippen LogP contribution in [0.4, 0.5) is 0 Å². The molecule has 2 aromatic carbocycles. The number of benzene rings is 2. The number of fused-ring (bicyclic) bond motifs is 1. The first-order chi connectivity index (χ1) is 12.3. The lowest BCUT2D eigenvalue weighted by Crippen LogP contribution is -2.15. The van der Waals surface area contributed by atoms with Gasteiger partial charge in [0.25, 0.3) is 0 Å². The van der Waals surface area contributed by atoms with Gasteiger partial charge in [0.1, 0.15) is 24.8 Å². The third-order valence-electron chi connectivity index (χ3n) is 3.99. The molecule has 4 rings (SSSR count). The summed E-state index contributed by atoms with van der Waals surface area (Å²) in [5, 5.41) is 0. The molecule has 1 aliphatic rings. The summed E-state index contributed by atoms with van der Waals surface area (Å²) >= 11 is 0. The number of nitrogens with zero attached hydrogens (tertiary/aromatic N) is 1. The third-order valence-corrected chi connectivity index (χ3v) is 3.99. The summed E-state index contributed by atoms with van der Waals surface area (Å²) in [5.74, 6) is 3.14. The van der Waals surface area contributed by atoms with Crippen LogP contribution in [0.15, 0.2) is 48.7 Å². The molecular formula is C20H18N2O3. The summed E-state index contributed by atoms with van der Waals surface area (Å²) in [6, 6.07) is 13.7. The van der Waals surface area contributed by atoms with E-state index in [1.807, 2.05) is 60.8 Å². The number of aromatic amines is 1. The van der Waals surface area contributed by atoms with Crippen LogP contribution >= 0.6 is 0 Å². The molecule has 2 heterocycles. The number of rotatable bonds is 4. The van der Waals surface area contributed by atoms with Gasteiger partial charge in [0.2, 0.25) is 0 Å². The average Bonchev–Trinajstić information content (AvgIpc) is 3.15. The Morgan fingerprint density at radius 1 is 1.04 bits per heavy atom. The molecule has 5 heteroatoms. The Labute approximate surface area is 145 Å². The highest BCUT2D eigenvalue weighted by molar-refractivity contribution is 5.73. The lowest BCUT2D eigenvalue weighted by Gasteiger charge is -2.20. The predicted octanol–water partition coefficient (Wildman–Crippen LogP) is 4.03. The Kier molecular flexibility index (Phi) is 4.12. The SMILES string of the molecule is COc1ccc(C=Cc2nc(-c3cccc4c3OCCO4)c[nH]2)cc1. The van der Waals surface area contributed by atoms with E-state index in [0.717, 1.165) is 39.9 Å². The van der Waals surface area contributed by atoms with Gasteiger partial charge in [-0.1, -0.05) is 24.3 Å². The van der Waals surface area contributed by atoms with Crippen molar-refractivity contribution in [2.75, 3.05) is 20.3 Å². The fourth-order valence-electron chi connectivity index (χ4n) is 2.73. The Hall–Kier alpha value is -3.21. The Balaban J connectivity index is 1.57. The number of aromatic nitrogens is 2. The summed E-state index contributed by atoms with van der Waals surface area (Å²) < 4.78 is 16.6. The molecule has 1 aromatic heterocycles. The lowest BCUT2D eigenvalue weighted by molar-refractivity contribution is 0.172. The second-order valence-corrected chi connectivity index (χ2v) is 5.61. The van der Waals surface area contributed by atoms with Crippen molar-refractivity contribution in [3.05, 3.63) is 60.0 Å². The number of nitrogens with one attached hydrogen (secondary N) is 1. The number of methoxy groups -OCH3 is 1. The molecule has 0 spiro atoms. The van der Waals surface area contributed by atoms with Gasteiger partial charge in [-0.05, 0) is 35.9 Å². The number of ether oxygens (including phenoxy) is 3. The van der Waals surface area contributed by atoms with Crippen LogP contribution in [0.3, 0.4) is 0 Å². The van der Waals surface area contributed by atoms with Gasteiger partial charge in [-0.15, -0.1) is 0 Å². The molecule has 0 aliphatic carbocycles. The molecule has 126 valence electrons. The van der Waals surface area contributed by atoms with Crippen LogP contribution in [0.25, 0.3) is 23.4 Å². The van der Waals surface area contributed by atoms with Crippen molar-refractivity contribution in [3.63, 3.8) is 0 Å². The topological polar surface area (TPSA) is 56.4 Å². The van der Waals surface area contributed by atoms with Crippen molar-refractivity contribution >= 4 is 12.2 Å². The first-order valence-electron chi connectivity index (χ1n) is 8.10. The molecule has 1 N–H and O–H groups in total. The molecule has 25 heavy (non-hydrogen) atoms. The first kappa shape index (κ1) is 15.3.